The van der Waals surface area contributed by atoms with Crippen LogP contribution in [0, 0.1) is 11.3 Å². The maximum Gasteiger partial charge on any atom is 0.206 e. The Morgan fingerprint density at radius 3 is 2.71 bits per heavy atom. The van der Waals surface area contributed by atoms with Crippen molar-refractivity contribution in [3.63, 3.8) is 0 Å². The highest BCUT2D eigenvalue weighted by Gasteiger charge is 2.42. The van der Waals surface area contributed by atoms with E-state index in [0.717, 1.165) is 30.2 Å². The zero-order valence-corrected chi connectivity index (χ0v) is 11.6. The summed E-state index contributed by atoms with van der Waals surface area (Å²) in [6.07, 6.45) is 5.42. The van der Waals surface area contributed by atoms with Gasteiger partial charge in [-0.1, -0.05) is 6.92 Å². The molecule has 1 saturated carbocycles. The standard InChI is InChI=1S/C13H18BrNO2/c1-9-2-5-13(8-15,6-3-9)12(16)11-10(14)4-7-17-11/h4,7,9H,2-3,5-6,8,15H2,1H3. The van der Waals surface area contributed by atoms with Crippen LogP contribution in [0.1, 0.15) is 43.2 Å². The lowest BCUT2D eigenvalue weighted by atomic mass is 9.68. The van der Waals surface area contributed by atoms with Gasteiger partial charge in [-0.15, -0.1) is 0 Å². The Hall–Kier alpha value is -0.610. The van der Waals surface area contributed by atoms with E-state index in [0.29, 0.717) is 18.2 Å². The third-order valence-corrected chi connectivity index (χ3v) is 4.55. The summed E-state index contributed by atoms with van der Waals surface area (Å²) in [5, 5.41) is 0. The second-order valence-electron chi connectivity index (χ2n) is 5.09. The molecule has 1 aliphatic rings. The van der Waals surface area contributed by atoms with Crippen molar-refractivity contribution in [1.29, 1.82) is 0 Å². The van der Waals surface area contributed by atoms with E-state index in [9.17, 15) is 4.79 Å². The number of halogens is 1. The second-order valence-corrected chi connectivity index (χ2v) is 5.95. The van der Waals surface area contributed by atoms with Crippen LogP contribution in [0.3, 0.4) is 0 Å². The van der Waals surface area contributed by atoms with Gasteiger partial charge in [-0.2, -0.15) is 0 Å². The molecule has 1 heterocycles. The van der Waals surface area contributed by atoms with Crippen LogP contribution < -0.4 is 5.73 Å². The fourth-order valence-corrected chi connectivity index (χ4v) is 2.92. The van der Waals surface area contributed by atoms with Gasteiger partial charge in [-0.3, -0.25) is 4.79 Å². The van der Waals surface area contributed by atoms with Crippen molar-refractivity contribution >= 4 is 21.7 Å². The van der Waals surface area contributed by atoms with E-state index in [1.54, 1.807) is 6.07 Å². The first-order valence-corrected chi connectivity index (χ1v) is 6.86. The van der Waals surface area contributed by atoms with Gasteiger partial charge in [0.1, 0.15) is 0 Å². The van der Waals surface area contributed by atoms with Gasteiger partial charge in [0.05, 0.1) is 10.7 Å². The van der Waals surface area contributed by atoms with E-state index in [-0.39, 0.29) is 5.78 Å². The van der Waals surface area contributed by atoms with Crippen LogP contribution in [0.4, 0.5) is 0 Å². The summed E-state index contributed by atoms with van der Waals surface area (Å²) >= 11 is 3.34. The molecule has 17 heavy (non-hydrogen) atoms. The smallest absolute Gasteiger partial charge is 0.206 e. The first-order valence-electron chi connectivity index (χ1n) is 6.07. The number of Topliss-reactive ketones (excluding diaryl/α,β-unsaturated/α-hetero) is 1. The van der Waals surface area contributed by atoms with Gasteiger partial charge in [0.2, 0.25) is 5.78 Å². The molecule has 0 unspecified atom stereocenters. The number of nitrogens with two attached hydrogens (primary N) is 1. The second kappa shape index (κ2) is 4.94. The lowest BCUT2D eigenvalue weighted by Crippen LogP contribution is -2.41. The maximum atomic E-state index is 12.5. The molecule has 0 amide bonds. The molecule has 1 aliphatic carbocycles. The molecule has 4 heteroatoms. The number of hydrogen-bond donors (Lipinski definition) is 1. The Morgan fingerprint density at radius 2 is 2.24 bits per heavy atom. The summed E-state index contributed by atoms with van der Waals surface area (Å²) in [7, 11) is 0. The Morgan fingerprint density at radius 1 is 1.59 bits per heavy atom. The fraction of sp³-hybridized carbons (Fsp3) is 0.615. The predicted molar refractivity (Wildman–Crippen MR) is 69.9 cm³/mol. The molecule has 1 aromatic rings. The summed E-state index contributed by atoms with van der Waals surface area (Å²) in [5.41, 5.74) is 5.45. The molecular weight excluding hydrogens is 282 g/mol. The van der Waals surface area contributed by atoms with Crippen LogP contribution in [-0.2, 0) is 0 Å². The minimum atomic E-state index is -0.410. The van der Waals surface area contributed by atoms with Gasteiger partial charge in [0.15, 0.2) is 5.76 Å². The summed E-state index contributed by atoms with van der Waals surface area (Å²) < 4.78 is 6.01. The van der Waals surface area contributed by atoms with Crippen molar-refractivity contribution in [3.05, 3.63) is 22.6 Å². The van der Waals surface area contributed by atoms with Crippen molar-refractivity contribution in [2.24, 2.45) is 17.1 Å². The first kappa shape index (κ1) is 12.8. The molecule has 0 atom stereocenters. The van der Waals surface area contributed by atoms with Crippen LogP contribution in [0.15, 0.2) is 21.2 Å². The molecule has 0 aliphatic heterocycles. The summed E-state index contributed by atoms with van der Waals surface area (Å²) in [6, 6.07) is 1.75. The normalized spacial score (nSPS) is 29.2. The summed E-state index contributed by atoms with van der Waals surface area (Å²) in [4.78, 5) is 12.5. The number of carbonyl (C=O) groups is 1. The highest BCUT2D eigenvalue weighted by atomic mass is 79.9. The molecule has 94 valence electrons. The fourth-order valence-electron chi connectivity index (χ4n) is 2.54. The van der Waals surface area contributed by atoms with Crippen molar-refractivity contribution in [2.75, 3.05) is 6.54 Å². The highest BCUT2D eigenvalue weighted by Crippen LogP contribution is 2.41. The zero-order chi connectivity index (χ0) is 12.5. The van der Waals surface area contributed by atoms with Crippen LogP contribution in [0.25, 0.3) is 0 Å². The lowest BCUT2D eigenvalue weighted by Gasteiger charge is -2.36. The van der Waals surface area contributed by atoms with Crippen LogP contribution in [-0.4, -0.2) is 12.3 Å². The van der Waals surface area contributed by atoms with Crippen molar-refractivity contribution in [3.8, 4) is 0 Å². The first-order chi connectivity index (χ1) is 8.09. The van der Waals surface area contributed by atoms with Crippen LogP contribution >= 0.6 is 15.9 Å². The summed E-state index contributed by atoms with van der Waals surface area (Å²) in [6.45, 7) is 2.64. The van der Waals surface area contributed by atoms with Gasteiger partial charge in [-0.25, -0.2) is 0 Å². The molecule has 0 radical (unpaired) electrons. The van der Waals surface area contributed by atoms with Crippen LogP contribution in [0.5, 0.6) is 0 Å². The molecule has 0 bridgehead atoms. The van der Waals surface area contributed by atoms with E-state index < -0.39 is 5.41 Å². The average molecular weight is 300 g/mol. The van der Waals surface area contributed by atoms with Gasteiger partial charge in [0, 0.05) is 12.0 Å². The Labute approximate surface area is 110 Å². The van der Waals surface area contributed by atoms with Gasteiger partial charge in [0.25, 0.3) is 0 Å². The predicted octanol–water partition coefficient (Wildman–Crippen LogP) is 3.38. The van der Waals surface area contributed by atoms with Gasteiger partial charge >= 0.3 is 0 Å². The largest absolute Gasteiger partial charge is 0.460 e. The minimum absolute atomic E-state index is 0.0591. The molecule has 0 aromatic carbocycles. The van der Waals surface area contributed by atoms with E-state index in [2.05, 4.69) is 22.9 Å². The molecule has 2 rings (SSSR count). The van der Waals surface area contributed by atoms with E-state index in [4.69, 9.17) is 10.2 Å². The van der Waals surface area contributed by atoms with Gasteiger partial charge < -0.3 is 10.2 Å². The summed E-state index contributed by atoms with van der Waals surface area (Å²) in [5.74, 6) is 1.18. The molecule has 3 nitrogen and oxygen atoms in total. The third kappa shape index (κ3) is 2.33. The number of hydrogen-bond acceptors (Lipinski definition) is 3. The van der Waals surface area contributed by atoms with Crippen molar-refractivity contribution in [2.45, 2.75) is 32.6 Å². The quantitative estimate of drug-likeness (QED) is 0.871. The van der Waals surface area contributed by atoms with Crippen molar-refractivity contribution in [1.82, 2.24) is 0 Å². The van der Waals surface area contributed by atoms with Crippen LogP contribution in [0.2, 0.25) is 0 Å². The molecule has 1 aromatic heterocycles. The molecular formula is C13H18BrNO2. The maximum absolute atomic E-state index is 12.5. The molecule has 0 saturated heterocycles. The molecule has 0 spiro atoms. The zero-order valence-electron chi connectivity index (χ0n) is 10.0. The number of carbonyl (C=O) groups excluding carboxylic acids is 1. The topological polar surface area (TPSA) is 56.2 Å². The highest BCUT2D eigenvalue weighted by molar-refractivity contribution is 9.10. The molecule has 2 N–H and O–H groups in total. The SMILES string of the molecule is CC1CCC(CN)(C(=O)c2occc2Br)CC1. The van der Waals surface area contributed by atoms with E-state index in [1.165, 1.54) is 6.26 Å². The van der Waals surface area contributed by atoms with Crippen molar-refractivity contribution < 1.29 is 9.21 Å². The average Bonchev–Trinajstić information content (AvgIpc) is 2.76. The number of rotatable bonds is 3. The Kier molecular flexibility index (Phi) is 3.73. The third-order valence-electron chi connectivity index (χ3n) is 3.93. The van der Waals surface area contributed by atoms with E-state index in [1.807, 2.05) is 0 Å². The lowest BCUT2D eigenvalue weighted by molar-refractivity contribution is 0.0663. The number of furan rings is 1. The van der Waals surface area contributed by atoms with Gasteiger partial charge in [-0.05, 0) is 53.6 Å². The number of ketones is 1. The Bertz CT molecular complexity index is 405. The monoisotopic (exact) mass is 299 g/mol. The molecule has 1 fully saturated rings. The Balaban J connectivity index is 2.24. The minimum Gasteiger partial charge on any atom is -0.460 e. The van der Waals surface area contributed by atoms with E-state index >= 15 is 0 Å².